The van der Waals surface area contributed by atoms with E-state index in [1.807, 2.05) is 12.1 Å². The second kappa shape index (κ2) is 7.35. The lowest BCUT2D eigenvalue weighted by atomic mass is 9.83. The van der Waals surface area contributed by atoms with E-state index in [2.05, 4.69) is 28.9 Å². The molecule has 0 aromatic heterocycles. The molecular weight excluding hydrogens is 316 g/mol. The summed E-state index contributed by atoms with van der Waals surface area (Å²) in [6.45, 7) is 2.84. The predicted molar refractivity (Wildman–Crippen MR) is 87.2 cm³/mol. The lowest BCUT2D eigenvalue weighted by Crippen LogP contribution is -2.30. The molecule has 0 unspecified atom stereocenters. The lowest BCUT2D eigenvalue weighted by molar-refractivity contribution is 0.145. The number of ether oxygens (including phenoxy) is 2. The lowest BCUT2D eigenvalue weighted by Gasteiger charge is -2.30. The quantitative estimate of drug-likeness (QED) is 0.547. The first-order valence-electron chi connectivity index (χ1n) is 7.52. The van der Waals surface area contributed by atoms with E-state index in [0.29, 0.717) is 0 Å². The van der Waals surface area contributed by atoms with Crippen LogP contribution in [0.1, 0.15) is 44.1 Å². The largest absolute Gasteiger partial charge is 0.493 e. The molecule has 1 aliphatic carbocycles. The fourth-order valence-electron chi connectivity index (χ4n) is 2.92. The fraction of sp³-hybridized carbons (Fsp3) is 0.647. The number of rotatable bonds is 5. The minimum Gasteiger partial charge on any atom is -0.493 e. The Labute approximate surface area is 131 Å². The van der Waals surface area contributed by atoms with Crippen LogP contribution in [0.5, 0.6) is 11.5 Å². The molecule has 0 spiro atoms. The third kappa shape index (κ3) is 3.91. The van der Waals surface area contributed by atoms with Crippen LogP contribution in [-0.2, 0) is 0 Å². The van der Waals surface area contributed by atoms with Crippen molar-refractivity contribution in [2.75, 3.05) is 19.0 Å². The molecule has 1 aliphatic rings. The second-order valence-corrected chi connectivity index (χ2v) is 6.55. The molecule has 20 heavy (non-hydrogen) atoms. The Kier molecular flexibility index (Phi) is 5.76. The van der Waals surface area contributed by atoms with Crippen LogP contribution in [0.4, 0.5) is 0 Å². The molecule has 112 valence electrons. The van der Waals surface area contributed by atoms with Gasteiger partial charge in [0.1, 0.15) is 0 Å². The number of alkyl halides is 1. The van der Waals surface area contributed by atoms with Crippen LogP contribution in [-0.4, -0.2) is 19.0 Å². The molecule has 1 saturated carbocycles. The van der Waals surface area contributed by atoms with Gasteiger partial charge in [-0.25, -0.2) is 0 Å². The SMILES string of the molecule is COc1cc(C)ccc1OCC1(CBr)CCCCCC1. The average molecular weight is 341 g/mol. The van der Waals surface area contributed by atoms with E-state index in [-0.39, 0.29) is 5.41 Å². The Bertz CT molecular complexity index is 423. The summed E-state index contributed by atoms with van der Waals surface area (Å²) in [7, 11) is 1.70. The van der Waals surface area contributed by atoms with E-state index in [0.717, 1.165) is 23.4 Å². The van der Waals surface area contributed by atoms with E-state index in [4.69, 9.17) is 9.47 Å². The minimum atomic E-state index is 0.284. The Morgan fingerprint density at radius 3 is 2.40 bits per heavy atom. The van der Waals surface area contributed by atoms with Crippen LogP contribution in [0.2, 0.25) is 0 Å². The van der Waals surface area contributed by atoms with Crippen molar-refractivity contribution < 1.29 is 9.47 Å². The molecule has 0 heterocycles. The molecular formula is C17H25BrO2. The van der Waals surface area contributed by atoms with Gasteiger partial charge in [-0.2, -0.15) is 0 Å². The smallest absolute Gasteiger partial charge is 0.161 e. The molecule has 0 saturated heterocycles. The van der Waals surface area contributed by atoms with Gasteiger partial charge < -0.3 is 9.47 Å². The van der Waals surface area contributed by atoms with Crippen molar-refractivity contribution in [1.82, 2.24) is 0 Å². The van der Waals surface area contributed by atoms with Gasteiger partial charge in [-0.15, -0.1) is 0 Å². The Morgan fingerprint density at radius 1 is 1.10 bits per heavy atom. The van der Waals surface area contributed by atoms with Crippen molar-refractivity contribution in [3.63, 3.8) is 0 Å². The molecule has 2 nitrogen and oxygen atoms in total. The summed E-state index contributed by atoms with van der Waals surface area (Å²) in [5.41, 5.74) is 1.48. The molecule has 0 atom stereocenters. The molecule has 3 heteroatoms. The van der Waals surface area contributed by atoms with Crippen molar-refractivity contribution in [3.05, 3.63) is 23.8 Å². The standard InChI is InChI=1S/C17H25BrO2/c1-14-7-8-15(16(11-14)19-2)20-13-17(12-18)9-5-3-4-6-10-17/h7-8,11H,3-6,9-10,12-13H2,1-2H3. The highest BCUT2D eigenvalue weighted by Gasteiger charge is 2.31. The maximum atomic E-state index is 6.12. The van der Waals surface area contributed by atoms with Gasteiger partial charge in [0.05, 0.1) is 13.7 Å². The number of hydrogen-bond donors (Lipinski definition) is 0. The van der Waals surface area contributed by atoms with Crippen molar-refractivity contribution in [2.45, 2.75) is 45.4 Å². The van der Waals surface area contributed by atoms with Gasteiger partial charge in [0, 0.05) is 10.7 Å². The van der Waals surface area contributed by atoms with Gasteiger partial charge in [0.2, 0.25) is 0 Å². The highest BCUT2D eigenvalue weighted by atomic mass is 79.9. The first kappa shape index (κ1) is 15.7. The van der Waals surface area contributed by atoms with Crippen LogP contribution in [0, 0.1) is 12.3 Å². The monoisotopic (exact) mass is 340 g/mol. The number of hydrogen-bond acceptors (Lipinski definition) is 2. The summed E-state index contributed by atoms with van der Waals surface area (Å²) in [6, 6.07) is 6.13. The third-order valence-electron chi connectivity index (χ3n) is 4.30. The van der Waals surface area contributed by atoms with E-state index in [1.165, 1.54) is 44.1 Å². The summed E-state index contributed by atoms with van der Waals surface area (Å²) >= 11 is 3.71. The number of benzene rings is 1. The number of methoxy groups -OCH3 is 1. The Balaban J connectivity index is 2.05. The van der Waals surface area contributed by atoms with Crippen LogP contribution in [0.15, 0.2) is 18.2 Å². The molecule has 1 fully saturated rings. The second-order valence-electron chi connectivity index (χ2n) is 5.99. The van der Waals surface area contributed by atoms with Crippen LogP contribution in [0.3, 0.4) is 0 Å². The van der Waals surface area contributed by atoms with E-state index < -0.39 is 0 Å². The number of aryl methyl sites for hydroxylation is 1. The van der Waals surface area contributed by atoms with Crippen molar-refractivity contribution in [2.24, 2.45) is 5.41 Å². The van der Waals surface area contributed by atoms with Gasteiger partial charge in [-0.05, 0) is 37.5 Å². The van der Waals surface area contributed by atoms with E-state index >= 15 is 0 Å². The molecule has 2 rings (SSSR count). The van der Waals surface area contributed by atoms with E-state index in [9.17, 15) is 0 Å². The normalized spacial score (nSPS) is 18.4. The molecule has 0 bridgehead atoms. The van der Waals surface area contributed by atoms with E-state index in [1.54, 1.807) is 7.11 Å². The van der Waals surface area contributed by atoms with Gasteiger partial charge in [-0.1, -0.05) is 47.7 Å². The molecule has 1 aromatic rings. The van der Waals surface area contributed by atoms with Crippen molar-refractivity contribution in [1.29, 1.82) is 0 Å². The van der Waals surface area contributed by atoms with Gasteiger partial charge in [0.15, 0.2) is 11.5 Å². The zero-order valence-electron chi connectivity index (χ0n) is 12.6. The molecule has 0 radical (unpaired) electrons. The topological polar surface area (TPSA) is 18.5 Å². The summed E-state index contributed by atoms with van der Waals surface area (Å²) in [6.07, 6.45) is 7.88. The molecule has 0 N–H and O–H groups in total. The summed E-state index contributed by atoms with van der Waals surface area (Å²) in [4.78, 5) is 0. The summed E-state index contributed by atoms with van der Waals surface area (Å²) in [5, 5.41) is 1.02. The van der Waals surface area contributed by atoms with Crippen LogP contribution >= 0.6 is 15.9 Å². The van der Waals surface area contributed by atoms with Crippen LogP contribution in [0.25, 0.3) is 0 Å². The maximum Gasteiger partial charge on any atom is 0.161 e. The van der Waals surface area contributed by atoms with Gasteiger partial charge in [-0.3, -0.25) is 0 Å². The zero-order valence-corrected chi connectivity index (χ0v) is 14.2. The molecule has 1 aromatic carbocycles. The first-order chi connectivity index (χ1) is 9.69. The van der Waals surface area contributed by atoms with Crippen LogP contribution < -0.4 is 9.47 Å². The molecule has 0 aliphatic heterocycles. The summed E-state index contributed by atoms with van der Waals surface area (Å²) < 4.78 is 11.5. The first-order valence-corrected chi connectivity index (χ1v) is 8.65. The zero-order chi connectivity index (χ0) is 14.4. The predicted octanol–water partition coefficient (Wildman–Crippen LogP) is 5.12. The van der Waals surface area contributed by atoms with Gasteiger partial charge >= 0.3 is 0 Å². The maximum absolute atomic E-state index is 6.12. The average Bonchev–Trinajstić information content (AvgIpc) is 2.72. The van der Waals surface area contributed by atoms with Crippen molar-refractivity contribution in [3.8, 4) is 11.5 Å². The fourth-order valence-corrected chi connectivity index (χ4v) is 3.64. The Hall–Kier alpha value is -0.700. The van der Waals surface area contributed by atoms with Gasteiger partial charge in [0.25, 0.3) is 0 Å². The highest BCUT2D eigenvalue weighted by Crippen LogP contribution is 2.38. The molecule has 0 amide bonds. The third-order valence-corrected chi connectivity index (χ3v) is 5.49. The number of halogens is 1. The minimum absolute atomic E-state index is 0.284. The Morgan fingerprint density at radius 2 is 1.80 bits per heavy atom. The highest BCUT2D eigenvalue weighted by molar-refractivity contribution is 9.09. The van der Waals surface area contributed by atoms with Crippen molar-refractivity contribution >= 4 is 15.9 Å². The summed E-state index contributed by atoms with van der Waals surface area (Å²) in [5.74, 6) is 1.70.